The predicted molar refractivity (Wildman–Crippen MR) is 103 cm³/mol. The fourth-order valence-electron chi connectivity index (χ4n) is 1.74. The zero-order chi connectivity index (χ0) is 18.6. The summed E-state index contributed by atoms with van der Waals surface area (Å²) in [5.74, 6) is 2.70. The highest BCUT2D eigenvalue weighted by atomic mass is 32.2. The van der Waals surface area contributed by atoms with Gasteiger partial charge in [0.15, 0.2) is 5.82 Å². The average molecular weight is 418 g/mol. The van der Waals surface area contributed by atoms with Gasteiger partial charge >= 0.3 is 0 Å². The summed E-state index contributed by atoms with van der Waals surface area (Å²) in [5.41, 5.74) is 5.52. The fraction of sp³-hybridized carbons (Fsp3) is 0.462. The van der Waals surface area contributed by atoms with Crippen molar-refractivity contribution in [3.8, 4) is 0 Å². The van der Waals surface area contributed by atoms with E-state index in [9.17, 15) is 10.1 Å². The van der Waals surface area contributed by atoms with Gasteiger partial charge in [0.05, 0.1) is 11.1 Å². The molecule has 0 unspecified atom stereocenters. The summed E-state index contributed by atoms with van der Waals surface area (Å²) in [5, 5.41) is 26.5. The minimum Gasteiger partial charge on any atom is -0.440 e. The Hall–Kier alpha value is -1.99. The van der Waals surface area contributed by atoms with Gasteiger partial charge < -0.3 is 20.8 Å². The van der Waals surface area contributed by atoms with Crippen molar-refractivity contribution in [2.24, 2.45) is 0 Å². The fourth-order valence-corrected chi connectivity index (χ4v) is 3.97. The second kappa shape index (κ2) is 11.6. The SMILES string of the molecule is Nc1nnc(CSCCNC(=C[N+](=O)[O-])NCCCSc2ncco2)s1. The molecular weight excluding hydrogens is 398 g/mol. The number of aromatic nitrogens is 3. The van der Waals surface area contributed by atoms with Crippen LogP contribution in [0.25, 0.3) is 0 Å². The lowest BCUT2D eigenvalue weighted by molar-refractivity contribution is -0.404. The lowest BCUT2D eigenvalue weighted by Gasteiger charge is -2.10. The van der Waals surface area contributed by atoms with E-state index in [1.165, 1.54) is 29.4 Å². The number of nitrogen functional groups attached to an aromatic ring is 1. The van der Waals surface area contributed by atoms with Gasteiger partial charge in [-0.25, -0.2) is 4.98 Å². The molecule has 0 atom stereocenters. The highest BCUT2D eigenvalue weighted by Crippen LogP contribution is 2.17. The van der Waals surface area contributed by atoms with E-state index in [-0.39, 0.29) is 0 Å². The minimum atomic E-state index is -0.478. The molecule has 10 nitrogen and oxygen atoms in total. The molecule has 0 saturated carbocycles. The summed E-state index contributed by atoms with van der Waals surface area (Å²) in [4.78, 5) is 14.3. The number of anilines is 1. The van der Waals surface area contributed by atoms with Crippen LogP contribution in [0.2, 0.25) is 0 Å². The van der Waals surface area contributed by atoms with Crippen molar-refractivity contribution in [3.63, 3.8) is 0 Å². The van der Waals surface area contributed by atoms with Gasteiger partial charge in [-0.3, -0.25) is 10.1 Å². The van der Waals surface area contributed by atoms with E-state index in [4.69, 9.17) is 10.2 Å². The third-order valence-electron chi connectivity index (χ3n) is 2.78. The summed E-state index contributed by atoms with van der Waals surface area (Å²) < 4.78 is 5.12. The molecule has 2 rings (SSSR count). The first kappa shape index (κ1) is 20.3. The van der Waals surface area contributed by atoms with Crippen LogP contribution in [-0.4, -0.2) is 44.7 Å². The largest absolute Gasteiger partial charge is 0.440 e. The number of rotatable bonds is 13. The third kappa shape index (κ3) is 8.40. The second-order valence-corrected chi connectivity index (χ2v) is 8.01. The van der Waals surface area contributed by atoms with Crippen LogP contribution < -0.4 is 16.4 Å². The molecule has 2 aromatic rings. The van der Waals surface area contributed by atoms with Gasteiger partial charge in [-0.2, -0.15) is 11.8 Å². The highest BCUT2D eigenvalue weighted by molar-refractivity contribution is 7.99. The van der Waals surface area contributed by atoms with Gasteiger partial charge in [0.2, 0.25) is 5.13 Å². The normalized spacial score (nSPS) is 11.5. The first-order valence-corrected chi connectivity index (χ1v) is 10.6. The minimum absolute atomic E-state index is 0.400. The molecule has 0 saturated heterocycles. The zero-order valence-corrected chi connectivity index (χ0v) is 16.2. The summed E-state index contributed by atoms with van der Waals surface area (Å²) in [6.45, 7) is 1.20. The summed E-state index contributed by atoms with van der Waals surface area (Å²) >= 11 is 4.52. The molecular formula is C13H19N7O3S3. The van der Waals surface area contributed by atoms with Crippen LogP contribution in [-0.2, 0) is 5.75 Å². The Labute approximate surface area is 162 Å². The molecule has 0 fully saturated rings. The van der Waals surface area contributed by atoms with Gasteiger partial charge in [0.25, 0.3) is 11.4 Å². The lowest BCUT2D eigenvalue weighted by atomic mass is 10.5. The number of hydrogen-bond donors (Lipinski definition) is 3. The predicted octanol–water partition coefficient (Wildman–Crippen LogP) is 1.78. The molecule has 0 aromatic carbocycles. The molecule has 26 heavy (non-hydrogen) atoms. The molecule has 4 N–H and O–H groups in total. The van der Waals surface area contributed by atoms with Crippen LogP contribution in [0, 0.1) is 10.1 Å². The van der Waals surface area contributed by atoms with Crippen molar-refractivity contribution in [1.82, 2.24) is 25.8 Å². The Morgan fingerprint density at radius 2 is 2.23 bits per heavy atom. The van der Waals surface area contributed by atoms with Crippen LogP contribution in [0.1, 0.15) is 11.4 Å². The summed E-state index contributed by atoms with van der Waals surface area (Å²) in [6.07, 6.45) is 4.88. The van der Waals surface area contributed by atoms with Crippen molar-refractivity contribution in [2.75, 3.05) is 30.3 Å². The lowest BCUT2D eigenvalue weighted by Crippen LogP contribution is -2.29. The topological polar surface area (TPSA) is 145 Å². The first-order valence-electron chi connectivity index (χ1n) is 7.64. The number of hydrogen-bond acceptors (Lipinski definition) is 12. The number of nitro groups is 1. The molecule has 2 heterocycles. The Bertz CT molecular complexity index is 693. The van der Waals surface area contributed by atoms with E-state index in [0.717, 1.165) is 34.9 Å². The molecule has 0 bridgehead atoms. The van der Waals surface area contributed by atoms with E-state index < -0.39 is 4.92 Å². The van der Waals surface area contributed by atoms with Crippen molar-refractivity contribution in [2.45, 2.75) is 17.4 Å². The maximum atomic E-state index is 10.7. The molecule has 0 spiro atoms. The van der Waals surface area contributed by atoms with Crippen molar-refractivity contribution < 1.29 is 9.34 Å². The van der Waals surface area contributed by atoms with Crippen molar-refractivity contribution in [1.29, 1.82) is 0 Å². The molecule has 13 heteroatoms. The zero-order valence-electron chi connectivity index (χ0n) is 13.8. The Balaban J connectivity index is 1.59. The Kier molecular flexibility index (Phi) is 9.06. The Morgan fingerprint density at radius 3 is 2.92 bits per heavy atom. The van der Waals surface area contributed by atoms with Crippen LogP contribution in [0.5, 0.6) is 0 Å². The molecule has 0 aliphatic carbocycles. The van der Waals surface area contributed by atoms with Crippen LogP contribution in [0.4, 0.5) is 5.13 Å². The molecule has 0 aliphatic rings. The third-order valence-corrected chi connectivity index (χ3v) is 5.62. The monoisotopic (exact) mass is 417 g/mol. The van der Waals surface area contributed by atoms with E-state index in [1.54, 1.807) is 18.0 Å². The summed E-state index contributed by atoms with van der Waals surface area (Å²) in [6, 6.07) is 0. The van der Waals surface area contributed by atoms with Crippen LogP contribution >= 0.6 is 34.9 Å². The summed E-state index contributed by atoms with van der Waals surface area (Å²) in [7, 11) is 0. The van der Waals surface area contributed by atoms with Gasteiger partial charge in [-0.15, -0.1) is 10.2 Å². The highest BCUT2D eigenvalue weighted by Gasteiger charge is 2.04. The van der Waals surface area contributed by atoms with E-state index in [2.05, 4.69) is 25.8 Å². The number of thioether (sulfide) groups is 2. The van der Waals surface area contributed by atoms with Crippen LogP contribution in [0.15, 0.2) is 34.1 Å². The quantitative estimate of drug-likeness (QED) is 0.190. The molecule has 2 aromatic heterocycles. The first-order chi connectivity index (χ1) is 12.6. The van der Waals surface area contributed by atoms with E-state index >= 15 is 0 Å². The maximum absolute atomic E-state index is 10.7. The molecule has 142 valence electrons. The second-order valence-electron chi connectivity index (χ2n) is 4.77. The van der Waals surface area contributed by atoms with E-state index in [0.29, 0.717) is 29.3 Å². The molecule has 0 amide bonds. The Morgan fingerprint density at radius 1 is 1.38 bits per heavy atom. The maximum Gasteiger partial charge on any atom is 0.274 e. The average Bonchev–Trinajstić information content (AvgIpc) is 3.25. The van der Waals surface area contributed by atoms with Crippen molar-refractivity contribution in [3.05, 3.63) is 39.6 Å². The molecule has 0 radical (unpaired) electrons. The van der Waals surface area contributed by atoms with Crippen molar-refractivity contribution >= 4 is 40.0 Å². The van der Waals surface area contributed by atoms with Gasteiger partial charge in [0.1, 0.15) is 11.3 Å². The number of nitrogens with one attached hydrogen (secondary N) is 2. The smallest absolute Gasteiger partial charge is 0.274 e. The van der Waals surface area contributed by atoms with E-state index in [1.807, 2.05) is 0 Å². The number of oxazole rings is 1. The van der Waals surface area contributed by atoms with Gasteiger partial charge in [-0.1, -0.05) is 23.1 Å². The van der Waals surface area contributed by atoms with Crippen LogP contribution in [0.3, 0.4) is 0 Å². The number of nitrogens with two attached hydrogens (primary N) is 1. The molecule has 0 aliphatic heterocycles. The standard InChI is InChI=1S/C13H19N7O3S3/c14-12-19-18-11(26-12)9-24-7-4-16-10(8-20(21)22)15-2-1-6-25-13-17-3-5-23-13/h3,5,8,15-16H,1-2,4,6-7,9H2,(H2,14,19). The van der Waals surface area contributed by atoms with Gasteiger partial charge in [-0.05, 0) is 6.42 Å². The number of nitrogens with zero attached hydrogens (tertiary/aromatic N) is 4. The van der Waals surface area contributed by atoms with Gasteiger partial charge in [0, 0.05) is 30.3 Å².